The summed E-state index contributed by atoms with van der Waals surface area (Å²) < 4.78 is 6.19. The Hall–Kier alpha value is -2.33. The molecule has 0 aliphatic carbocycles. The molecule has 1 unspecified atom stereocenters. The number of aryl methyl sites for hydroxylation is 1. The Kier molecular flexibility index (Phi) is 5.39. The molecule has 0 radical (unpaired) electrons. The molecule has 1 atom stereocenters. The van der Waals surface area contributed by atoms with Gasteiger partial charge in [0.05, 0.1) is 5.41 Å². The Bertz CT molecular complexity index is 897. The Morgan fingerprint density at radius 2 is 1.86 bits per heavy atom. The van der Waals surface area contributed by atoms with Crippen LogP contribution in [0.15, 0.2) is 42.5 Å². The normalized spacial score (nSPS) is 20.3. The summed E-state index contributed by atoms with van der Waals surface area (Å²) in [6.07, 6.45) is 2.14. The summed E-state index contributed by atoms with van der Waals surface area (Å²) in [5.41, 5.74) is 4.53. The van der Waals surface area contributed by atoms with Gasteiger partial charge in [0.1, 0.15) is 12.4 Å². The smallest absolute Gasteiger partial charge is 0.310 e. The molecular formula is C25H31NO3. The fourth-order valence-electron chi connectivity index (χ4n) is 4.93. The van der Waals surface area contributed by atoms with Crippen LogP contribution >= 0.6 is 0 Å². The second kappa shape index (κ2) is 7.83. The minimum Gasteiger partial charge on any atom is -0.489 e. The van der Waals surface area contributed by atoms with E-state index in [0.717, 1.165) is 31.7 Å². The van der Waals surface area contributed by atoms with E-state index in [1.54, 1.807) is 0 Å². The lowest BCUT2D eigenvalue weighted by atomic mass is 9.74. The Balaban J connectivity index is 1.60. The molecule has 0 bridgehead atoms. The molecule has 29 heavy (non-hydrogen) atoms. The summed E-state index contributed by atoms with van der Waals surface area (Å²) in [7, 11) is 0. The first-order valence-corrected chi connectivity index (χ1v) is 10.6. The van der Waals surface area contributed by atoms with Crippen molar-refractivity contribution in [1.82, 2.24) is 4.90 Å². The third kappa shape index (κ3) is 4.04. The average Bonchev–Trinajstić information content (AvgIpc) is 2.85. The van der Waals surface area contributed by atoms with E-state index in [0.29, 0.717) is 25.0 Å². The van der Waals surface area contributed by atoms with E-state index in [1.807, 2.05) is 19.9 Å². The van der Waals surface area contributed by atoms with Crippen LogP contribution in [0, 0.1) is 18.3 Å². The standard InChI is InChI=1S/C25H31NO3/c1-17-8-9-20-19(14-17)15-29-22-7-5-4-6-21(22)23(20)18-10-12-26(13-11-18)16-25(2,3)24(27)28/h4-9,14,18,23H,10-13,15-16H2,1-3H3,(H,27,28). The third-order valence-corrected chi connectivity index (χ3v) is 6.57. The van der Waals surface area contributed by atoms with E-state index >= 15 is 0 Å². The lowest BCUT2D eigenvalue weighted by Crippen LogP contribution is -2.43. The van der Waals surface area contributed by atoms with Crippen LogP contribution in [0.2, 0.25) is 0 Å². The highest BCUT2D eigenvalue weighted by molar-refractivity contribution is 5.73. The number of nitrogens with zero attached hydrogens (tertiary/aromatic N) is 1. The average molecular weight is 394 g/mol. The first kappa shape index (κ1) is 20.0. The summed E-state index contributed by atoms with van der Waals surface area (Å²) in [4.78, 5) is 13.8. The van der Waals surface area contributed by atoms with Gasteiger partial charge in [-0.25, -0.2) is 0 Å². The fraction of sp³-hybridized carbons (Fsp3) is 0.480. The Labute approximate surface area is 173 Å². The number of rotatable bonds is 4. The highest BCUT2D eigenvalue weighted by atomic mass is 16.5. The summed E-state index contributed by atoms with van der Waals surface area (Å²) in [6.45, 7) is 8.89. The van der Waals surface area contributed by atoms with Gasteiger partial charge in [0.2, 0.25) is 0 Å². The van der Waals surface area contributed by atoms with Crippen molar-refractivity contribution in [1.29, 1.82) is 0 Å². The molecule has 154 valence electrons. The van der Waals surface area contributed by atoms with Gasteiger partial charge in [0.15, 0.2) is 0 Å². The predicted molar refractivity (Wildman–Crippen MR) is 114 cm³/mol. The molecule has 4 heteroatoms. The minimum absolute atomic E-state index is 0.332. The van der Waals surface area contributed by atoms with E-state index in [9.17, 15) is 9.90 Å². The van der Waals surface area contributed by atoms with Crippen molar-refractivity contribution in [2.24, 2.45) is 11.3 Å². The topological polar surface area (TPSA) is 49.8 Å². The number of hydrogen-bond donors (Lipinski definition) is 1. The number of likely N-dealkylation sites (tertiary alicyclic amines) is 1. The van der Waals surface area contributed by atoms with Crippen molar-refractivity contribution in [2.75, 3.05) is 19.6 Å². The van der Waals surface area contributed by atoms with Crippen molar-refractivity contribution < 1.29 is 14.6 Å². The maximum absolute atomic E-state index is 11.5. The second-order valence-corrected chi connectivity index (χ2v) is 9.31. The molecule has 4 nitrogen and oxygen atoms in total. The van der Waals surface area contributed by atoms with Gasteiger partial charge >= 0.3 is 5.97 Å². The number of carbonyl (C=O) groups is 1. The Morgan fingerprint density at radius 1 is 1.14 bits per heavy atom. The van der Waals surface area contributed by atoms with Crippen molar-refractivity contribution in [3.05, 3.63) is 64.7 Å². The van der Waals surface area contributed by atoms with Crippen LogP contribution in [0.25, 0.3) is 0 Å². The highest BCUT2D eigenvalue weighted by Crippen LogP contribution is 2.45. The molecule has 1 N–H and O–H groups in total. The van der Waals surface area contributed by atoms with Crippen LogP contribution in [0.3, 0.4) is 0 Å². The lowest BCUT2D eigenvalue weighted by Gasteiger charge is -2.39. The van der Waals surface area contributed by atoms with Crippen molar-refractivity contribution >= 4 is 5.97 Å². The van der Waals surface area contributed by atoms with Crippen LogP contribution in [0.5, 0.6) is 5.75 Å². The monoisotopic (exact) mass is 393 g/mol. The first-order valence-electron chi connectivity index (χ1n) is 10.6. The van der Waals surface area contributed by atoms with Crippen LogP contribution in [-0.4, -0.2) is 35.6 Å². The van der Waals surface area contributed by atoms with E-state index in [2.05, 4.69) is 48.2 Å². The number of aliphatic carboxylic acids is 1. The molecule has 0 amide bonds. The number of piperidine rings is 1. The maximum Gasteiger partial charge on any atom is 0.310 e. The molecule has 0 aromatic heterocycles. The van der Waals surface area contributed by atoms with Gasteiger partial charge in [-0.2, -0.15) is 0 Å². The zero-order valence-electron chi connectivity index (χ0n) is 17.6. The van der Waals surface area contributed by atoms with Crippen LogP contribution < -0.4 is 4.74 Å². The number of ether oxygens (including phenoxy) is 1. The number of benzene rings is 2. The van der Waals surface area contributed by atoms with E-state index in [-0.39, 0.29) is 0 Å². The van der Waals surface area contributed by atoms with Gasteiger partial charge in [-0.1, -0.05) is 42.0 Å². The molecule has 0 saturated carbocycles. The van der Waals surface area contributed by atoms with Gasteiger partial charge in [0, 0.05) is 18.0 Å². The highest BCUT2D eigenvalue weighted by Gasteiger charge is 2.36. The largest absolute Gasteiger partial charge is 0.489 e. The zero-order chi connectivity index (χ0) is 20.6. The summed E-state index contributed by atoms with van der Waals surface area (Å²) in [5, 5.41) is 9.46. The SMILES string of the molecule is Cc1ccc2c(c1)COc1ccccc1C2C1CCN(CC(C)(C)C(=O)O)CC1. The van der Waals surface area contributed by atoms with Crippen LogP contribution in [0.1, 0.15) is 54.9 Å². The molecule has 2 aromatic carbocycles. The lowest BCUT2D eigenvalue weighted by molar-refractivity contribution is -0.148. The molecule has 2 aliphatic rings. The first-order chi connectivity index (χ1) is 13.8. The van der Waals surface area contributed by atoms with E-state index < -0.39 is 11.4 Å². The van der Waals surface area contributed by atoms with E-state index in [4.69, 9.17) is 4.74 Å². The molecule has 0 spiro atoms. The molecule has 2 aliphatic heterocycles. The minimum atomic E-state index is -0.723. The second-order valence-electron chi connectivity index (χ2n) is 9.31. The molecule has 2 heterocycles. The van der Waals surface area contributed by atoms with Gasteiger partial charge in [-0.05, 0) is 69.8 Å². The number of carboxylic acids is 1. The molecule has 1 fully saturated rings. The molecule has 1 saturated heterocycles. The molecule has 2 aromatic rings. The van der Waals surface area contributed by atoms with Crippen LogP contribution in [-0.2, 0) is 11.4 Å². The number of fused-ring (bicyclic) bond motifs is 2. The summed E-state index contributed by atoms with van der Waals surface area (Å²) >= 11 is 0. The van der Waals surface area contributed by atoms with Crippen molar-refractivity contribution in [2.45, 2.75) is 46.1 Å². The Morgan fingerprint density at radius 3 is 2.59 bits per heavy atom. The third-order valence-electron chi connectivity index (χ3n) is 6.57. The van der Waals surface area contributed by atoms with E-state index in [1.165, 1.54) is 22.3 Å². The number of hydrogen-bond acceptors (Lipinski definition) is 3. The van der Waals surface area contributed by atoms with Gasteiger partial charge in [-0.3, -0.25) is 4.79 Å². The summed E-state index contributed by atoms with van der Waals surface area (Å²) in [5.74, 6) is 1.14. The maximum atomic E-state index is 11.5. The van der Waals surface area contributed by atoms with Gasteiger partial charge in [-0.15, -0.1) is 0 Å². The quantitative estimate of drug-likeness (QED) is 0.807. The molecule has 4 rings (SSSR count). The van der Waals surface area contributed by atoms with Gasteiger partial charge < -0.3 is 14.7 Å². The zero-order valence-corrected chi connectivity index (χ0v) is 17.6. The fourth-order valence-corrected chi connectivity index (χ4v) is 4.93. The molecular weight excluding hydrogens is 362 g/mol. The number of carboxylic acid groups (broad SMARTS) is 1. The van der Waals surface area contributed by atoms with Crippen molar-refractivity contribution in [3.8, 4) is 5.75 Å². The van der Waals surface area contributed by atoms with Crippen molar-refractivity contribution in [3.63, 3.8) is 0 Å². The predicted octanol–water partition coefficient (Wildman–Crippen LogP) is 4.84. The van der Waals surface area contributed by atoms with Gasteiger partial charge in [0.25, 0.3) is 0 Å². The summed E-state index contributed by atoms with van der Waals surface area (Å²) in [6, 6.07) is 15.2. The number of para-hydroxylation sites is 1. The van der Waals surface area contributed by atoms with Crippen LogP contribution in [0.4, 0.5) is 0 Å².